The highest BCUT2D eigenvalue weighted by Crippen LogP contribution is 2.09. The van der Waals surface area contributed by atoms with Crippen LogP contribution in [-0.2, 0) is 9.53 Å². The average Bonchev–Trinajstić information content (AvgIpc) is 2.31. The summed E-state index contributed by atoms with van der Waals surface area (Å²) in [5, 5.41) is 2.81. The number of amides is 1. The highest BCUT2D eigenvalue weighted by Gasteiger charge is 2.18. The van der Waals surface area contributed by atoms with Gasteiger partial charge in [-0.3, -0.25) is 9.78 Å². The highest BCUT2D eigenvalue weighted by atomic mass is 16.5. The SMILES string of the molecule is COC(CN)C(=O)N[C@H](C)c1cccnc1. The molecule has 1 amide bonds. The maximum Gasteiger partial charge on any atom is 0.250 e. The standard InChI is InChI=1S/C11H17N3O2/c1-8(9-4-3-5-13-7-9)14-11(15)10(6-12)16-2/h3-5,7-8,10H,6,12H2,1-2H3,(H,14,15)/t8-,10?/m1/s1. The molecule has 0 fully saturated rings. The molecule has 5 nitrogen and oxygen atoms in total. The van der Waals surface area contributed by atoms with Crippen molar-refractivity contribution in [2.45, 2.75) is 19.1 Å². The molecule has 1 heterocycles. The van der Waals surface area contributed by atoms with Gasteiger partial charge in [-0.05, 0) is 18.6 Å². The number of carbonyl (C=O) groups is 1. The number of pyridine rings is 1. The van der Waals surface area contributed by atoms with Crippen LogP contribution in [0.25, 0.3) is 0 Å². The summed E-state index contributed by atoms with van der Waals surface area (Å²) < 4.78 is 4.95. The Kier molecular flexibility index (Phi) is 4.88. The van der Waals surface area contributed by atoms with Crippen molar-refractivity contribution in [1.82, 2.24) is 10.3 Å². The molecule has 3 N–H and O–H groups in total. The molecule has 1 aromatic rings. The fraction of sp³-hybridized carbons (Fsp3) is 0.455. The van der Waals surface area contributed by atoms with Gasteiger partial charge < -0.3 is 15.8 Å². The zero-order chi connectivity index (χ0) is 12.0. The van der Waals surface area contributed by atoms with Gasteiger partial charge >= 0.3 is 0 Å². The summed E-state index contributed by atoms with van der Waals surface area (Å²) in [4.78, 5) is 15.6. The number of nitrogens with two attached hydrogens (primary N) is 1. The molecular weight excluding hydrogens is 206 g/mol. The molecule has 0 aliphatic carbocycles. The first-order chi connectivity index (χ1) is 7.69. The second-order valence-electron chi connectivity index (χ2n) is 3.48. The number of nitrogens with zero attached hydrogens (tertiary/aromatic N) is 1. The molecule has 0 saturated carbocycles. The summed E-state index contributed by atoms with van der Waals surface area (Å²) in [5.74, 6) is -0.207. The third-order valence-electron chi connectivity index (χ3n) is 2.33. The number of hydrogen-bond acceptors (Lipinski definition) is 4. The molecule has 0 spiro atoms. The summed E-state index contributed by atoms with van der Waals surface area (Å²) in [5.41, 5.74) is 6.35. The van der Waals surface area contributed by atoms with Crippen LogP contribution < -0.4 is 11.1 Å². The summed E-state index contributed by atoms with van der Waals surface area (Å²) in [6.07, 6.45) is 2.81. The predicted octanol–water partition coefficient (Wildman–Crippen LogP) is 0.233. The smallest absolute Gasteiger partial charge is 0.250 e. The first-order valence-corrected chi connectivity index (χ1v) is 5.12. The summed E-state index contributed by atoms with van der Waals surface area (Å²) in [6.45, 7) is 2.06. The second kappa shape index (κ2) is 6.19. The van der Waals surface area contributed by atoms with Gasteiger partial charge in [0, 0.05) is 26.0 Å². The first kappa shape index (κ1) is 12.6. The van der Waals surface area contributed by atoms with E-state index in [1.54, 1.807) is 12.4 Å². The van der Waals surface area contributed by atoms with E-state index in [1.165, 1.54) is 7.11 Å². The van der Waals surface area contributed by atoms with Gasteiger partial charge in [0.05, 0.1) is 6.04 Å². The lowest BCUT2D eigenvalue weighted by Gasteiger charge is -2.18. The number of hydrogen-bond donors (Lipinski definition) is 2. The van der Waals surface area contributed by atoms with Crippen LogP contribution >= 0.6 is 0 Å². The third-order valence-corrected chi connectivity index (χ3v) is 2.33. The highest BCUT2D eigenvalue weighted by molar-refractivity contribution is 5.81. The van der Waals surface area contributed by atoms with Gasteiger partial charge in [0.15, 0.2) is 0 Å². The zero-order valence-electron chi connectivity index (χ0n) is 9.51. The monoisotopic (exact) mass is 223 g/mol. The quantitative estimate of drug-likeness (QED) is 0.749. The fourth-order valence-corrected chi connectivity index (χ4v) is 1.33. The van der Waals surface area contributed by atoms with Gasteiger partial charge in [0.2, 0.25) is 0 Å². The minimum atomic E-state index is -0.598. The van der Waals surface area contributed by atoms with Crippen LogP contribution in [0.5, 0.6) is 0 Å². The predicted molar refractivity (Wildman–Crippen MR) is 60.6 cm³/mol. The molecule has 0 bridgehead atoms. The number of carbonyl (C=O) groups excluding carboxylic acids is 1. The number of methoxy groups -OCH3 is 1. The summed E-state index contributed by atoms with van der Waals surface area (Å²) in [6, 6.07) is 3.63. The molecule has 2 atom stereocenters. The van der Waals surface area contributed by atoms with Crippen LogP contribution in [0, 0.1) is 0 Å². The first-order valence-electron chi connectivity index (χ1n) is 5.12. The van der Waals surface area contributed by atoms with E-state index in [-0.39, 0.29) is 18.5 Å². The third kappa shape index (κ3) is 3.29. The van der Waals surface area contributed by atoms with Crippen LogP contribution in [0.2, 0.25) is 0 Å². The topological polar surface area (TPSA) is 77.2 Å². The van der Waals surface area contributed by atoms with Crippen molar-refractivity contribution in [3.05, 3.63) is 30.1 Å². The normalized spacial score (nSPS) is 14.2. The van der Waals surface area contributed by atoms with E-state index in [0.717, 1.165) is 5.56 Å². The molecular formula is C11H17N3O2. The number of rotatable bonds is 5. The fourth-order valence-electron chi connectivity index (χ4n) is 1.33. The van der Waals surface area contributed by atoms with E-state index in [1.807, 2.05) is 19.1 Å². The van der Waals surface area contributed by atoms with Crippen molar-refractivity contribution in [1.29, 1.82) is 0 Å². The Balaban J connectivity index is 2.58. The number of ether oxygens (including phenoxy) is 1. The van der Waals surface area contributed by atoms with Gasteiger partial charge in [-0.1, -0.05) is 6.07 Å². The van der Waals surface area contributed by atoms with Crippen LogP contribution in [0.4, 0.5) is 0 Å². The van der Waals surface area contributed by atoms with E-state index in [9.17, 15) is 4.79 Å². The Bertz CT molecular complexity index is 325. The van der Waals surface area contributed by atoms with Gasteiger partial charge in [-0.15, -0.1) is 0 Å². The summed E-state index contributed by atoms with van der Waals surface area (Å²) in [7, 11) is 1.46. The molecule has 1 unspecified atom stereocenters. The molecule has 0 saturated heterocycles. The van der Waals surface area contributed by atoms with E-state index in [4.69, 9.17) is 10.5 Å². The Morgan fingerprint density at radius 2 is 2.44 bits per heavy atom. The van der Waals surface area contributed by atoms with Crippen molar-refractivity contribution in [2.75, 3.05) is 13.7 Å². The molecule has 0 radical (unpaired) electrons. The van der Waals surface area contributed by atoms with Gasteiger partial charge in [-0.2, -0.15) is 0 Å². The Labute approximate surface area is 95.0 Å². The molecule has 0 aliphatic rings. The molecule has 1 rings (SSSR count). The molecule has 0 aromatic carbocycles. The Morgan fingerprint density at radius 1 is 1.69 bits per heavy atom. The Morgan fingerprint density at radius 3 is 2.94 bits per heavy atom. The van der Waals surface area contributed by atoms with E-state index in [2.05, 4.69) is 10.3 Å². The average molecular weight is 223 g/mol. The van der Waals surface area contributed by atoms with Crippen molar-refractivity contribution >= 4 is 5.91 Å². The molecule has 16 heavy (non-hydrogen) atoms. The van der Waals surface area contributed by atoms with E-state index < -0.39 is 6.10 Å². The van der Waals surface area contributed by atoms with E-state index in [0.29, 0.717) is 0 Å². The lowest BCUT2D eigenvalue weighted by atomic mass is 10.1. The largest absolute Gasteiger partial charge is 0.370 e. The minimum absolute atomic E-state index is 0.106. The molecule has 5 heteroatoms. The lowest BCUT2D eigenvalue weighted by Crippen LogP contribution is -2.41. The lowest BCUT2D eigenvalue weighted by molar-refractivity contribution is -0.131. The van der Waals surface area contributed by atoms with Crippen LogP contribution in [0.3, 0.4) is 0 Å². The van der Waals surface area contributed by atoms with Crippen LogP contribution in [0.15, 0.2) is 24.5 Å². The van der Waals surface area contributed by atoms with Crippen LogP contribution in [0.1, 0.15) is 18.5 Å². The maximum absolute atomic E-state index is 11.7. The molecule has 0 aliphatic heterocycles. The van der Waals surface area contributed by atoms with Crippen molar-refractivity contribution in [3.8, 4) is 0 Å². The van der Waals surface area contributed by atoms with Crippen molar-refractivity contribution in [3.63, 3.8) is 0 Å². The molecule has 88 valence electrons. The number of nitrogens with one attached hydrogen (secondary N) is 1. The van der Waals surface area contributed by atoms with Gasteiger partial charge in [0.25, 0.3) is 5.91 Å². The Hall–Kier alpha value is -1.46. The van der Waals surface area contributed by atoms with Gasteiger partial charge in [-0.25, -0.2) is 0 Å². The zero-order valence-corrected chi connectivity index (χ0v) is 9.51. The second-order valence-corrected chi connectivity index (χ2v) is 3.48. The maximum atomic E-state index is 11.7. The number of aromatic nitrogens is 1. The molecule has 1 aromatic heterocycles. The minimum Gasteiger partial charge on any atom is -0.370 e. The van der Waals surface area contributed by atoms with Crippen molar-refractivity contribution in [2.24, 2.45) is 5.73 Å². The van der Waals surface area contributed by atoms with Crippen molar-refractivity contribution < 1.29 is 9.53 Å². The van der Waals surface area contributed by atoms with Crippen LogP contribution in [-0.4, -0.2) is 30.6 Å². The van der Waals surface area contributed by atoms with Gasteiger partial charge in [0.1, 0.15) is 6.10 Å². The summed E-state index contributed by atoms with van der Waals surface area (Å²) >= 11 is 0. The van der Waals surface area contributed by atoms with E-state index >= 15 is 0 Å².